The molecule has 0 aliphatic heterocycles. The van der Waals surface area contributed by atoms with Crippen LogP contribution < -0.4 is 5.56 Å². The van der Waals surface area contributed by atoms with Crippen LogP contribution in [0.5, 0.6) is 0 Å². The van der Waals surface area contributed by atoms with Gasteiger partial charge in [-0.1, -0.05) is 41.6 Å². The van der Waals surface area contributed by atoms with Crippen molar-refractivity contribution in [2.24, 2.45) is 0 Å². The Kier molecular flexibility index (Phi) is 4.32. The molecule has 0 atom stereocenters. The van der Waals surface area contributed by atoms with Gasteiger partial charge in [0.1, 0.15) is 17.0 Å². The Morgan fingerprint density at radius 2 is 2.04 bits per heavy atom. The van der Waals surface area contributed by atoms with Gasteiger partial charge in [0.2, 0.25) is 0 Å². The molecule has 1 aliphatic rings. The molecule has 5 rings (SSSR count). The summed E-state index contributed by atoms with van der Waals surface area (Å²) < 4.78 is 2.12. The molecule has 1 fully saturated rings. The van der Waals surface area contributed by atoms with E-state index in [0.29, 0.717) is 23.0 Å². The predicted octanol–water partition coefficient (Wildman–Crippen LogP) is 4.49. The number of aromatic nitrogens is 5. The minimum Gasteiger partial charge on any atom is -0.309 e. The second-order valence-corrected chi connectivity index (χ2v) is 9.28. The lowest BCUT2D eigenvalue weighted by molar-refractivity contribution is 0.662. The first kappa shape index (κ1) is 17.6. The maximum Gasteiger partial charge on any atom is 0.260 e. The zero-order chi connectivity index (χ0) is 19.3. The van der Waals surface area contributed by atoms with E-state index in [1.54, 1.807) is 29.4 Å². The smallest absolute Gasteiger partial charge is 0.260 e. The van der Waals surface area contributed by atoms with Gasteiger partial charge in [-0.15, -0.1) is 21.5 Å². The van der Waals surface area contributed by atoms with Gasteiger partial charge >= 0.3 is 0 Å². The van der Waals surface area contributed by atoms with Gasteiger partial charge < -0.3 is 9.55 Å². The van der Waals surface area contributed by atoms with Crippen LogP contribution in [0, 0.1) is 13.8 Å². The summed E-state index contributed by atoms with van der Waals surface area (Å²) in [5, 5.41) is 9.78. The van der Waals surface area contributed by atoms with Crippen molar-refractivity contribution < 1.29 is 0 Å². The molecule has 142 valence electrons. The molecule has 3 aromatic heterocycles. The van der Waals surface area contributed by atoms with E-state index in [0.717, 1.165) is 26.0 Å². The summed E-state index contributed by atoms with van der Waals surface area (Å²) in [5.41, 5.74) is 3.17. The van der Waals surface area contributed by atoms with Crippen molar-refractivity contribution in [3.8, 4) is 11.1 Å². The van der Waals surface area contributed by atoms with Crippen LogP contribution >= 0.6 is 23.1 Å². The highest BCUT2D eigenvalue weighted by molar-refractivity contribution is 7.98. The summed E-state index contributed by atoms with van der Waals surface area (Å²) in [6, 6.07) is 8.81. The van der Waals surface area contributed by atoms with Gasteiger partial charge in [0.25, 0.3) is 5.56 Å². The number of thiophene rings is 1. The number of benzene rings is 1. The van der Waals surface area contributed by atoms with Crippen molar-refractivity contribution in [3.05, 3.63) is 57.2 Å². The molecule has 8 heteroatoms. The summed E-state index contributed by atoms with van der Waals surface area (Å²) in [6.07, 6.45) is 4.15. The van der Waals surface area contributed by atoms with E-state index in [9.17, 15) is 4.79 Å². The molecule has 1 aromatic carbocycles. The number of aromatic amines is 1. The molecular formula is C20H19N5OS2. The summed E-state index contributed by atoms with van der Waals surface area (Å²) in [6.45, 7) is 4.11. The molecule has 6 nitrogen and oxygen atoms in total. The fourth-order valence-corrected chi connectivity index (χ4v) is 5.29. The van der Waals surface area contributed by atoms with Gasteiger partial charge in [-0.3, -0.25) is 4.79 Å². The number of nitrogens with zero attached hydrogens (tertiary/aromatic N) is 4. The average molecular weight is 410 g/mol. The van der Waals surface area contributed by atoms with Gasteiger partial charge in [0.05, 0.1) is 11.1 Å². The highest BCUT2D eigenvalue weighted by Gasteiger charge is 2.26. The third-order valence-electron chi connectivity index (χ3n) is 4.95. The van der Waals surface area contributed by atoms with Crippen molar-refractivity contribution in [2.45, 2.75) is 43.6 Å². The molecule has 0 radical (unpaired) electrons. The van der Waals surface area contributed by atoms with E-state index in [4.69, 9.17) is 4.98 Å². The van der Waals surface area contributed by atoms with Crippen LogP contribution in [0.25, 0.3) is 21.3 Å². The Morgan fingerprint density at radius 3 is 2.79 bits per heavy atom. The maximum absolute atomic E-state index is 12.9. The normalized spacial score (nSPS) is 14.1. The van der Waals surface area contributed by atoms with Gasteiger partial charge in [-0.2, -0.15) is 0 Å². The first-order valence-electron chi connectivity index (χ1n) is 9.22. The molecule has 1 saturated carbocycles. The van der Waals surface area contributed by atoms with Gasteiger partial charge in [-0.25, -0.2) is 4.98 Å². The van der Waals surface area contributed by atoms with Crippen molar-refractivity contribution >= 4 is 33.3 Å². The topological polar surface area (TPSA) is 76.5 Å². The van der Waals surface area contributed by atoms with Crippen LogP contribution in [-0.2, 0) is 5.75 Å². The molecule has 1 N–H and O–H groups in total. The van der Waals surface area contributed by atoms with Gasteiger partial charge in [0, 0.05) is 16.5 Å². The van der Waals surface area contributed by atoms with Crippen LogP contribution in [0.3, 0.4) is 0 Å². The number of nitrogens with one attached hydrogen (secondary N) is 1. The van der Waals surface area contributed by atoms with E-state index in [1.807, 2.05) is 6.92 Å². The number of hydrogen-bond acceptors (Lipinski definition) is 6. The number of aryl methyl sites for hydroxylation is 2. The summed E-state index contributed by atoms with van der Waals surface area (Å²) in [4.78, 5) is 22.5. The number of rotatable bonds is 5. The van der Waals surface area contributed by atoms with Crippen LogP contribution in [-0.4, -0.2) is 24.7 Å². The lowest BCUT2D eigenvalue weighted by atomic mass is 10.0. The van der Waals surface area contributed by atoms with Crippen molar-refractivity contribution in [3.63, 3.8) is 0 Å². The minimum atomic E-state index is -0.0795. The molecular weight excluding hydrogens is 390 g/mol. The number of fused-ring (bicyclic) bond motifs is 1. The van der Waals surface area contributed by atoms with Crippen molar-refractivity contribution in [1.29, 1.82) is 0 Å². The highest BCUT2D eigenvalue weighted by atomic mass is 32.2. The van der Waals surface area contributed by atoms with Crippen LogP contribution in [0.15, 0.2) is 40.5 Å². The van der Waals surface area contributed by atoms with E-state index in [2.05, 4.69) is 50.9 Å². The number of thioether (sulfide) groups is 1. The van der Waals surface area contributed by atoms with E-state index >= 15 is 0 Å². The molecule has 4 aromatic rings. The second kappa shape index (κ2) is 6.86. The molecule has 0 spiro atoms. The average Bonchev–Trinajstić information content (AvgIpc) is 3.31. The summed E-state index contributed by atoms with van der Waals surface area (Å²) >= 11 is 3.14. The Morgan fingerprint density at radius 1 is 1.25 bits per heavy atom. The fraction of sp³-hybridized carbons (Fsp3) is 0.300. The van der Waals surface area contributed by atoms with Crippen LogP contribution in [0.4, 0.5) is 0 Å². The Balaban J connectivity index is 1.48. The predicted molar refractivity (Wildman–Crippen MR) is 113 cm³/mol. The minimum absolute atomic E-state index is 0.0795. The lowest BCUT2D eigenvalue weighted by Crippen LogP contribution is -2.11. The Labute approximate surface area is 170 Å². The molecule has 3 heterocycles. The standard InChI is InChI=1S/C20H19N5OS2/c1-11-3-5-13(6-4-11)16-12(2)28-19-17(16)18(26)22-15(23-19)9-27-20-24-21-10-25(20)14-7-8-14/h3-6,10,14H,7-9H2,1-2H3,(H,22,23,26). The molecule has 1 aliphatic carbocycles. The third kappa shape index (κ3) is 3.16. The molecule has 0 unspecified atom stereocenters. The second-order valence-electron chi connectivity index (χ2n) is 7.13. The van der Waals surface area contributed by atoms with Gasteiger partial charge in [-0.05, 0) is 32.3 Å². The first-order chi connectivity index (χ1) is 13.6. The Hall–Kier alpha value is -2.45. The van der Waals surface area contributed by atoms with Crippen molar-refractivity contribution in [2.75, 3.05) is 0 Å². The lowest BCUT2D eigenvalue weighted by Gasteiger charge is -2.05. The number of H-pyrrole nitrogens is 1. The highest BCUT2D eigenvalue weighted by Crippen LogP contribution is 2.38. The van der Waals surface area contributed by atoms with Gasteiger partial charge in [0.15, 0.2) is 5.16 Å². The SMILES string of the molecule is Cc1ccc(-c2c(C)sc3nc(CSc4nncn4C4CC4)[nH]c(=O)c23)cc1. The largest absolute Gasteiger partial charge is 0.309 e. The summed E-state index contributed by atoms with van der Waals surface area (Å²) in [7, 11) is 0. The quantitative estimate of drug-likeness (QED) is 0.492. The molecule has 28 heavy (non-hydrogen) atoms. The Bertz CT molecular complexity index is 1220. The summed E-state index contributed by atoms with van der Waals surface area (Å²) in [5.74, 6) is 1.23. The maximum atomic E-state index is 12.9. The van der Waals surface area contributed by atoms with E-state index in [-0.39, 0.29) is 5.56 Å². The third-order valence-corrected chi connectivity index (χ3v) is 6.91. The first-order valence-corrected chi connectivity index (χ1v) is 11.0. The molecule has 0 amide bonds. The zero-order valence-corrected chi connectivity index (χ0v) is 17.2. The molecule has 0 bridgehead atoms. The van der Waals surface area contributed by atoms with Crippen LogP contribution in [0.2, 0.25) is 0 Å². The number of hydrogen-bond donors (Lipinski definition) is 1. The van der Waals surface area contributed by atoms with Crippen LogP contribution in [0.1, 0.15) is 35.1 Å². The molecule has 0 saturated heterocycles. The fourth-order valence-electron chi connectivity index (χ4n) is 3.37. The van der Waals surface area contributed by atoms with Crippen molar-refractivity contribution in [1.82, 2.24) is 24.7 Å². The van der Waals surface area contributed by atoms with E-state index in [1.165, 1.54) is 18.4 Å². The monoisotopic (exact) mass is 409 g/mol. The zero-order valence-electron chi connectivity index (χ0n) is 15.6. The van der Waals surface area contributed by atoms with E-state index < -0.39 is 0 Å².